The Morgan fingerprint density at radius 2 is 1.65 bits per heavy atom. The second-order valence-corrected chi connectivity index (χ2v) is 11.8. The number of amides is 1. The van der Waals surface area contributed by atoms with Crippen LogP contribution in [0.5, 0.6) is 0 Å². The zero-order valence-corrected chi connectivity index (χ0v) is 23.8. The van der Waals surface area contributed by atoms with Crippen molar-refractivity contribution < 1.29 is 22.4 Å². The van der Waals surface area contributed by atoms with E-state index in [1.807, 2.05) is 37.3 Å². The Bertz CT molecular complexity index is 1340. The van der Waals surface area contributed by atoms with Crippen LogP contribution < -0.4 is 15.4 Å². The molecule has 40 heavy (non-hydrogen) atoms. The summed E-state index contributed by atoms with van der Waals surface area (Å²) < 4.78 is 40.6. The average molecular weight is 568 g/mol. The minimum Gasteiger partial charge on any atom is -0.352 e. The Labute approximate surface area is 236 Å². The summed E-state index contributed by atoms with van der Waals surface area (Å²) in [6, 6.07) is 21.1. The Kier molecular flexibility index (Phi) is 12.0. The minimum atomic E-state index is -3.48. The fraction of sp³-hybridized carbons (Fsp3) is 0.355. The van der Waals surface area contributed by atoms with Crippen molar-refractivity contribution in [2.45, 2.75) is 69.5 Å². The lowest BCUT2D eigenvalue weighted by Crippen LogP contribution is -2.36. The quantitative estimate of drug-likeness (QED) is 0.274. The summed E-state index contributed by atoms with van der Waals surface area (Å²) in [5.74, 6) is -0.160. The third-order valence-corrected chi connectivity index (χ3v) is 8.28. The third-order valence-electron chi connectivity index (χ3n) is 6.74. The summed E-state index contributed by atoms with van der Waals surface area (Å²) in [4.78, 5) is 21.4. The number of hydrogen-bond acceptors (Lipinski definition) is 5. The molecule has 3 aromatic carbocycles. The molecule has 0 spiro atoms. The fourth-order valence-corrected chi connectivity index (χ4v) is 5.83. The lowest BCUT2D eigenvalue weighted by atomic mass is 9.96. The van der Waals surface area contributed by atoms with E-state index in [9.17, 15) is 22.4 Å². The number of carbonyl (C=O) groups is 2. The predicted molar refractivity (Wildman–Crippen MR) is 155 cm³/mol. The number of Topliss-reactive ketones (excluding diaryl/α,β-unsaturated/α-hetero) is 1. The third kappa shape index (κ3) is 9.97. The van der Waals surface area contributed by atoms with E-state index in [4.69, 9.17) is 0 Å². The van der Waals surface area contributed by atoms with Crippen LogP contribution in [-0.4, -0.2) is 33.2 Å². The highest BCUT2D eigenvalue weighted by Crippen LogP contribution is 2.24. The summed E-state index contributed by atoms with van der Waals surface area (Å²) in [5, 5.41) is 5.69. The first-order valence-corrected chi connectivity index (χ1v) is 15.0. The molecule has 7 nitrogen and oxygen atoms in total. The zero-order chi connectivity index (χ0) is 29.0. The molecule has 0 aromatic heterocycles. The van der Waals surface area contributed by atoms with E-state index in [-0.39, 0.29) is 23.7 Å². The minimum absolute atomic E-state index is 0.0533. The van der Waals surface area contributed by atoms with Crippen molar-refractivity contribution in [3.63, 3.8) is 0 Å². The molecule has 4 rings (SSSR count). The summed E-state index contributed by atoms with van der Waals surface area (Å²) in [7, 11) is -3.48. The number of nitrogens with one attached hydrogen (secondary N) is 3. The number of benzene rings is 3. The molecule has 214 valence electrons. The van der Waals surface area contributed by atoms with Gasteiger partial charge in [0.2, 0.25) is 16.4 Å². The van der Waals surface area contributed by atoms with Crippen molar-refractivity contribution in [2.75, 3.05) is 6.54 Å². The number of carbonyl (C=O) groups excluding carboxylic acids is 2. The number of rotatable bonds is 11. The van der Waals surface area contributed by atoms with E-state index in [1.165, 1.54) is 18.6 Å². The van der Waals surface area contributed by atoms with Gasteiger partial charge in [0.05, 0.1) is 17.5 Å². The first-order chi connectivity index (χ1) is 19.2. The Hall–Kier alpha value is -3.40. The van der Waals surface area contributed by atoms with Crippen LogP contribution in [0.1, 0.15) is 63.1 Å². The second-order valence-electron chi connectivity index (χ2n) is 10.0. The molecule has 1 aliphatic rings. The molecule has 3 aromatic rings. The van der Waals surface area contributed by atoms with Crippen molar-refractivity contribution in [2.24, 2.45) is 0 Å². The molecule has 9 heteroatoms. The van der Waals surface area contributed by atoms with Crippen molar-refractivity contribution >= 4 is 22.2 Å². The summed E-state index contributed by atoms with van der Waals surface area (Å²) in [6.45, 7) is 4.36. The van der Waals surface area contributed by atoms with Crippen molar-refractivity contribution in [1.29, 1.82) is 0 Å². The van der Waals surface area contributed by atoms with Crippen molar-refractivity contribution in [3.05, 3.63) is 89.7 Å². The van der Waals surface area contributed by atoms with E-state index in [1.54, 1.807) is 31.2 Å². The van der Waals surface area contributed by atoms with Crippen LogP contribution in [0.3, 0.4) is 0 Å². The highest BCUT2D eigenvalue weighted by molar-refractivity contribution is 7.89. The van der Waals surface area contributed by atoms with Gasteiger partial charge in [-0.2, -0.15) is 0 Å². The van der Waals surface area contributed by atoms with Crippen LogP contribution in [0.25, 0.3) is 11.1 Å². The summed E-state index contributed by atoms with van der Waals surface area (Å²) in [6.07, 6.45) is 5.83. The molecule has 3 N–H and O–H groups in total. The molecule has 0 unspecified atom stereocenters. The molecule has 0 heterocycles. The lowest BCUT2D eigenvalue weighted by molar-refractivity contribution is -0.116. The van der Waals surface area contributed by atoms with Crippen LogP contribution >= 0.6 is 0 Å². The maximum atomic E-state index is 12.6. The molecule has 1 fully saturated rings. The highest BCUT2D eigenvalue weighted by atomic mass is 32.2. The Balaban J connectivity index is 0.000000307. The van der Waals surface area contributed by atoms with Crippen molar-refractivity contribution in [1.82, 2.24) is 15.4 Å². The number of sulfonamides is 1. The topological polar surface area (TPSA) is 104 Å². The molecule has 1 atom stereocenters. The van der Waals surface area contributed by atoms with Gasteiger partial charge in [-0.1, -0.05) is 61.7 Å². The molecule has 1 aliphatic carbocycles. The van der Waals surface area contributed by atoms with Gasteiger partial charge in [0.1, 0.15) is 11.6 Å². The van der Waals surface area contributed by atoms with E-state index < -0.39 is 10.0 Å². The summed E-state index contributed by atoms with van der Waals surface area (Å²) in [5.41, 5.74) is 3.95. The van der Waals surface area contributed by atoms with E-state index in [2.05, 4.69) is 21.4 Å². The van der Waals surface area contributed by atoms with Crippen LogP contribution in [0.2, 0.25) is 0 Å². The smallest absolute Gasteiger partial charge is 0.240 e. The lowest BCUT2D eigenvalue weighted by Gasteiger charge is -2.22. The van der Waals surface area contributed by atoms with Gasteiger partial charge in [-0.25, -0.2) is 17.5 Å². The van der Waals surface area contributed by atoms with Crippen LogP contribution in [0.4, 0.5) is 4.39 Å². The molecule has 0 saturated heterocycles. The van der Waals surface area contributed by atoms with E-state index in [0.29, 0.717) is 24.4 Å². The number of hydrogen-bond donors (Lipinski definition) is 3. The monoisotopic (exact) mass is 567 g/mol. The first kappa shape index (κ1) is 31.1. The van der Waals surface area contributed by atoms with Gasteiger partial charge in [-0.15, -0.1) is 0 Å². The molecule has 0 bridgehead atoms. The number of ketones is 1. The number of halogens is 1. The van der Waals surface area contributed by atoms with E-state index >= 15 is 0 Å². The van der Waals surface area contributed by atoms with Crippen LogP contribution in [0.15, 0.2) is 77.7 Å². The zero-order valence-electron chi connectivity index (χ0n) is 23.0. The van der Waals surface area contributed by atoms with E-state index in [0.717, 1.165) is 47.9 Å². The molecule has 0 aliphatic heterocycles. The van der Waals surface area contributed by atoms with Crippen LogP contribution in [-0.2, 0) is 26.2 Å². The fourth-order valence-electron chi connectivity index (χ4n) is 4.53. The van der Waals surface area contributed by atoms with Gasteiger partial charge in [-0.3, -0.25) is 9.59 Å². The second kappa shape index (κ2) is 15.4. The van der Waals surface area contributed by atoms with Gasteiger partial charge in [0, 0.05) is 12.6 Å². The average Bonchev–Trinajstić information content (AvgIpc) is 2.94. The Morgan fingerprint density at radius 1 is 0.975 bits per heavy atom. The normalized spacial score (nSPS) is 14.5. The largest absolute Gasteiger partial charge is 0.352 e. The van der Waals surface area contributed by atoms with Crippen molar-refractivity contribution in [3.8, 4) is 11.1 Å². The summed E-state index contributed by atoms with van der Waals surface area (Å²) >= 11 is 0. The molecule has 1 saturated carbocycles. The van der Waals surface area contributed by atoms with Gasteiger partial charge in [0.15, 0.2) is 0 Å². The molecule has 1 amide bonds. The van der Waals surface area contributed by atoms with Gasteiger partial charge >= 0.3 is 0 Å². The predicted octanol–water partition coefficient (Wildman–Crippen LogP) is 5.28. The standard InChI is InChI=1S/C22H28N2O3S.C9H10FNO/c1-17(25)15-23-16-18-6-5-7-20(14-18)19-10-12-22(13-11-19)28(26,27)24-21-8-3-2-4-9-21;1-7(11-6-12)8-2-4-9(10)5-3-8/h5-7,10-14,21,23-24H,2-4,8-9,15-16H2,1H3;2-7H,1H3,(H,11,12)/t;7-/m.1/s1. The maximum absolute atomic E-state index is 12.6. The molecular weight excluding hydrogens is 529 g/mol. The van der Waals surface area contributed by atoms with Crippen LogP contribution in [0, 0.1) is 5.82 Å². The molecule has 0 radical (unpaired) electrons. The maximum Gasteiger partial charge on any atom is 0.240 e. The first-order valence-electron chi connectivity index (χ1n) is 13.5. The Morgan fingerprint density at radius 3 is 2.27 bits per heavy atom. The highest BCUT2D eigenvalue weighted by Gasteiger charge is 2.21. The van der Waals surface area contributed by atoms with Gasteiger partial charge in [0.25, 0.3) is 0 Å². The SMILES string of the molecule is CC(=O)CNCc1cccc(-c2ccc(S(=O)(=O)NC3CCCCC3)cc2)c1.C[C@@H](NC=O)c1ccc(F)cc1. The van der Waals surface area contributed by atoms with Gasteiger partial charge in [-0.05, 0) is 79.3 Å². The molecular formula is C31H38FN3O4S. The van der Waals surface area contributed by atoms with Gasteiger partial charge < -0.3 is 10.6 Å².